The second kappa shape index (κ2) is 5.86. The molecule has 0 bridgehead atoms. The maximum absolute atomic E-state index is 11.6. The number of aliphatic carboxylic acids is 1. The first kappa shape index (κ1) is 14.1. The fraction of sp³-hybridized carbons (Fsp3) is 0.389. The zero-order chi connectivity index (χ0) is 14.8. The van der Waals surface area contributed by atoms with Crippen LogP contribution in [0, 0.1) is 5.92 Å². The van der Waals surface area contributed by atoms with Gasteiger partial charge in [0.05, 0.1) is 0 Å². The second-order valence-corrected chi connectivity index (χ2v) is 6.01. The minimum atomic E-state index is -0.692. The average Bonchev–Trinajstić information content (AvgIpc) is 2.47. The van der Waals surface area contributed by atoms with Crippen molar-refractivity contribution in [3.8, 4) is 0 Å². The summed E-state index contributed by atoms with van der Waals surface area (Å²) in [7, 11) is 0. The Balaban J connectivity index is 1.92. The van der Waals surface area contributed by atoms with Gasteiger partial charge in [0, 0.05) is 6.54 Å². The number of carboxylic acid groups (broad SMARTS) is 1. The molecular weight excluding hydrogens is 262 g/mol. The molecule has 2 aromatic carbocycles. The lowest BCUT2D eigenvalue weighted by Crippen LogP contribution is -2.48. The number of carboxylic acids is 1. The summed E-state index contributed by atoms with van der Waals surface area (Å²) in [4.78, 5) is 13.7. The minimum absolute atomic E-state index is 0.214. The molecule has 2 atom stereocenters. The van der Waals surface area contributed by atoms with Crippen LogP contribution in [0.3, 0.4) is 0 Å². The van der Waals surface area contributed by atoms with Crippen LogP contribution in [0.4, 0.5) is 0 Å². The van der Waals surface area contributed by atoms with E-state index in [0.29, 0.717) is 6.54 Å². The zero-order valence-electron chi connectivity index (χ0n) is 12.3. The van der Waals surface area contributed by atoms with E-state index >= 15 is 0 Å². The van der Waals surface area contributed by atoms with Crippen LogP contribution in [0.25, 0.3) is 10.8 Å². The lowest BCUT2D eigenvalue weighted by molar-refractivity contribution is -0.147. The van der Waals surface area contributed by atoms with E-state index < -0.39 is 5.97 Å². The molecule has 0 aliphatic carbocycles. The molecule has 1 heterocycles. The van der Waals surface area contributed by atoms with E-state index in [2.05, 4.69) is 35.2 Å². The Labute approximate surface area is 125 Å². The Kier molecular flexibility index (Phi) is 3.93. The largest absolute Gasteiger partial charge is 0.480 e. The normalized spacial score (nSPS) is 23.3. The first-order chi connectivity index (χ1) is 10.2. The molecule has 3 heteroatoms. The SMILES string of the molecule is CC1CCCN(Cc2cccc3ccccc23)C1C(=O)O. The summed E-state index contributed by atoms with van der Waals surface area (Å²) in [5, 5.41) is 12.0. The van der Waals surface area contributed by atoms with E-state index in [1.54, 1.807) is 0 Å². The van der Waals surface area contributed by atoms with E-state index in [-0.39, 0.29) is 12.0 Å². The van der Waals surface area contributed by atoms with Crippen LogP contribution >= 0.6 is 0 Å². The van der Waals surface area contributed by atoms with Crippen molar-refractivity contribution in [3.63, 3.8) is 0 Å². The van der Waals surface area contributed by atoms with Gasteiger partial charge >= 0.3 is 5.97 Å². The Hall–Kier alpha value is -1.87. The highest BCUT2D eigenvalue weighted by Crippen LogP contribution is 2.27. The van der Waals surface area contributed by atoms with Gasteiger partial charge in [-0.05, 0) is 41.6 Å². The van der Waals surface area contributed by atoms with Crippen LogP contribution in [0.1, 0.15) is 25.3 Å². The van der Waals surface area contributed by atoms with Gasteiger partial charge in [-0.2, -0.15) is 0 Å². The van der Waals surface area contributed by atoms with Crippen molar-refractivity contribution in [1.29, 1.82) is 0 Å². The van der Waals surface area contributed by atoms with Crippen LogP contribution in [-0.2, 0) is 11.3 Å². The quantitative estimate of drug-likeness (QED) is 0.937. The van der Waals surface area contributed by atoms with Gasteiger partial charge in [-0.15, -0.1) is 0 Å². The van der Waals surface area contributed by atoms with E-state index in [9.17, 15) is 9.90 Å². The molecule has 3 nitrogen and oxygen atoms in total. The van der Waals surface area contributed by atoms with Gasteiger partial charge in [-0.3, -0.25) is 9.69 Å². The molecule has 1 N–H and O–H groups in total. The molecule has 0 radical (unpaired) electrons. The van der Waals surface area contributed by atoms with Gasteiger partial charge in [0.2, 0.25) is 0 Å². The molecule has 1 fully saturated rings. The Morgan fingerprint density at radius 3 is 2.81 bits per heavy atom. The van der Waals surface area contributed by atoms with Crippen molar-refractivity contribution >= 4 is 16.7 Å². The number of rotatable bonds is 3. The first-order valence-corrected chi connectivity index (χ1v) is 7.60. The highest BCUT2D eigenvalue weighted by molar-refractivity contribution is 5.85. The molecule has 2 aromatic rings. The topological polar surface area (TPSA) is 40.5 Å². The molecule has 3 rings (SSSR count). The molecule has 0 aromatic heterocycles. The second-order valence-electron chi connectivity index (χ2n) is 6.01. The molecule has 21 heavy (non-hydrogen) atoms. The van der Waals surface area contributed by atoms with E-state index in [1.807, 2.05) is 19.1 Å². The van der Waals surface area contributed by atoms with Crippen molar-refractivity contribution in [3.05, 3.63) is 48.0 Å². The smallest absolute Gasteiger partial charge is 0.321 e. The van der Waals surface area contributed by atoms with Crippen molar-refractivity contribution in [1.82, 2.24) is 4.90 Å². The number of fused-ring (bicyclic) bond motifs is 1. The fourth-order valence-electron chi connectivity index (χ4n) is 3.50. The van der Waals surface area contributed by atoms with E-state index in [1.165, 1.54) is 16.3 Å². The van der Waals surface area contributed by atoms with Crippen LogP contribution in [0.5, 0.6) is 0 Å². The third kappa shape index (κ3) is 2.79. The van der Waals surface area contributed by atoms with E-state index in [4.69, 9.17) is 0 Å². The van der Waals surface area contributed by atoms with Gasteiger partial charge in [-0.1, -0.05) is 49.4 Å². The number of likely N-dealkylation sites (tertiary alicyclic amines) is 1. The number of nitrogens with zero attached hydrogens (tertiary/aromatic N) is 1. The molecule has 1 saturated heterocycles. The summed E-state index contributed by atoms with van der Waals surface area (Å²) < 4.78 is 0. The van der Waals surface area contributed by atoms with Crippen molar-refractivity contribution in [2.75, 3.05) is 6.54 Å². The standard InChI is InChI=1S/C18H21NO2/c1-13-6-5-11-19(17(13)18(20)21)12-15-9-4-8-14-7-2-3-10-16(14)15/h2-4,7-10,13,17H,5-6,11-12H2,1H3,(H,20,21). The number of hydrogen-bond acceptors (Lipinski definition) is 2. The molecule has 0 spiro atoms. The van der Waals surface area contributed by atoms with Crippen LogP contribution < -0.4 is 0 Å². The highest BCUT2D eigenvalue weighted by Gasteiger charge is 2.34. The summed E-state index contributed by atoms with van der Waals surface area (Å²) in [6.07, 6.45) is 2.08. The van der Waals surface area contributed by atoms with Crippen LogP contribution in [-0.4, -0.2) is 28.6 Å². The number of carbonyl (C=O) groups is 1. The first-order valence-electron chi connectivity index (χ1n) is 7.60. The minimum Gasteiger partial charge on any atom is -0.480 e. The average molecular weight is 283 g/mol. The molecular formula is C18H21NO2. The van der Waals surface area contributed by atoms with Gasteiger partial charge in [-0.25, -0.2) is 0 Å². The summed E-state index contributed by atoms with van der Waals surface area (Å²) in [6.45, 7) is 3.63. The molecule has 1 aliphatic rings. The van der Waals surface area contributed by atoms with Gasteiger partial charge in [0.25, 0.3) is 0 Å². The summed E-state index contributed by atoms with van der Waals surface area (Å²) in [5.74, 6) is -0.478. The lowest BCUT2D eigenvalue weighted by Gasteiger charge is -2.37. The van der Waals surface area contributed by atoms with Gasteiger partial charge in [0.15, 0.2) is 0 Å². The zero-order valence-corrected chi connectivity index (χ0v) is 12.3. The molecule has 0 amide bonds. The predicted octanol–water partition coefficient (Wildman–Crippen LogP) is 3.52. The molecule has 1 aliphatic heterocycles. The van der Waals surface area contributed by atoms with Crippen LogP contribution in [0.2, 0.25) is 0 Å². The summed E-state index contributed by atoms with van der Waals surface area (Å²) >= 11 is 0. The number of benzene rings is 2. The molecule has 110 valence electrons. The third-order valence-electron chi connectivity index (χ3n) is 4.54. The molecule has 0 saturated carbocycles. The highest BCUT2D eigenvalue weighted by atomic mass is 16.4. The maximum atomic E-state index is 11.6. The lowest BCUT2D eigenvalue weighted by atomic mass is 9.90. The third-order valence-corrected chi connectivity index (χ3v) is 4.54. The van der Waals surface area contributed by atoms with Crippen molar-refractivity contribution in [2.45, 2.75) is 32.4 Å². The fourth-order valence-corrected chi connectivity index (χ4v) is 3.50. The van der Waals surface area contributed by atoms with E-state index in [0.717, 1.165) is 19.4 Å². The number of hydrogen-bond donors (Lipinski definition) is 1. The predicted molar refractivity (Wildman–Crippen MR) is 84.2 cm³/mol. The Morgan fingerprint density at radius 2 is 2.00 bits per heavy atom. The number of piperidine rings is 1. The van der Waals surface area contributed by atoms with Gasteiger partial charge in [0.1, 0.15) is 6.04 Å². The van der Waals surface area contributed by atoms with Crippen molar-refractivity contribution in [2.24, 2.45) is 5.92 Å². The van der Waals surface area contributed by atoms with Crippen LogP contribution in [0.15, 0.2) is 42.5 Å². The summed E-state index contributed by atoms with van der Waals surface area (Å²) in [5.41, 5.74) is 1.22. The monoisotopic (exact) mass is 283 g/mol. The molecule has 2 unspecified atom stereocenters. The Bertz CT molecular complexity index is 647. The van der Waals surface area contributed by atoms with Gasteiger partial charge < -0.3 is 5.11 Å². The Morgan fingerprint density at radius 1 is 1.24 bits per heavy atom. The maximum Gasteiger partial charge on any atom is 0.321 e. The van der Waals surface area contributed by atoms with Crippen molar-refractivity contribution < 1.29 is 9.90 Å². The summed E-state index contributed by atoms with van der Waals surface area (Å²) in [6, 6.07) is 14.2.